The summed E-state index contributed by atoms with van der Waals surface area (Å²) >= 11 is 0. The normalized spacial score (nSPS) is 10.2. The summed E-state index contributed by atoms with van der Waals surface area (Å²) < 4.78 is 32.7. The van der Waals surface area contributed by atoms with Crippen molar-refractivity contribution in [3.05, 3.63) is 72.4 Å². The smallest absolute Gasteiger partial charge is 0.410 e. The van der Waals surface area contributed by atoms with Crippen LogP contribution in [0.3, 0.4) is 0 Å². The first-order chi connectivity index (χ1) is 15.3. The van der Waals surface area contributed by atoms with E-state index in [1.165, 1.54) is 42.6 Å². The fraction of sp³-hybridized carbons (Fsp3) is 0.0476. The van der Waals surface area contributed by atoms with Crippen molar-refractivity contribution in [1.82, 2.24) is 4.98 Å². The molecule has 3 aromatic rings. The van der Waals surface area contributed by atoms with Gasteiger partial charge in [0.25, 0.3) is 0 Å². The number of ether oxygens (including phenoxy) is 1. The molecule has 0 saturated heterocycles. The molecule has 0 radical (unpaired) electrons. The van der Waals surface area contributed by atoms with E-state index in [1.54, 1.807) is 0 Å². The van der Waals surface area contributed by atoms with E-state index in [0.29, 0.717) is 5.69 Å². The van der Waals surface area contributed by atoms with Crippen LogP contribution in [-0.2, 0) is 9.59 Å². The molecule has 3 rings (SSSR count). The third-order valence-corrected chi connectivity index (χ3v) is 3.87. The zero-order valence-corrected chi connectivity index (χ0v) is 16.3. The Kier molecular flexibility index (Phi) is 6.91. The highest BCUT2D eigenvalue weighted by atomic mass is 19.1. The van der Waals surface area contributed by atoms with E-state index in [2.05, 4.69) is 20.9 Å². The van der Waals surface area contributed by atoms with E-state index < -0.39 is 36.0 Å². The average Bonchev–Trinajstić information content (AvgIpc) is 2.71. The van der Waals surface area contributed by atoms with Crippen LogP contribution in [0.15, 0.2) is 60.8 Å². The SMILES string of the molecule is O=C(O)Nc1cc(Oc2ccc(NC(=O)CC(=O)Nc3ccc(F)cc3)c(F)c2)ccn1. The Labute approximate surface area is 180 Å². The predicted octanol–water partition coefficient (Wildman–Crippen LogP) is 4.21. The van der Waals surface area contributed by atoms with E-state index in [1.807, 2.05) is 0 Å². The monoisotopic (exact) mass is 442 g/mol. The van der Waals surface area contributed by atoms with E-state index in [4.69, 9.17) is 9.84 Å². The first-order valence-electron chi connectivity index (χ1n) is 9.07. The lowest BCUT2D eigenvalue weighted by Crippen LogP contribution is -2.21. The molecule has 164 valence electrons. The first-order valence-corrected chi connectivity index (χ1v) is 9.07. The van der Waals surface area contributed by atoms with Crippen molar-refractivity contribution in [1.29, 1.82) is 0 Å². The van der Waals surface area contributed by atoms with Gasteiger partial charge in [0.05, 0.1) is 5.69 Å². The van der Waals surface area contributed by atoms with Gasteiger partial charge in [0, 0.05) is 24.0 Å². The summed E-state index contributed by atoms with van der Waals surface area (Å²) in [6.45, 7) is 0. The van der Waals surface area contributed by atoms with Gasteiger partial charge >= 0.3 is 6.09 Å². The van der Waals surface area contributed by atoms with Crippen LogP contribution < -0.4 is 20.7 Å². The van der Waals surface area contributed by atoms with Gasteiger partial charge in [-0.15, -0.1) is 0 Å². The largest absolute Gasteiger partial charge is 0.465 e. The molecule has 0 unspecified atom stereocenters. The summed E-state index contributed by atoms with van der Waals surface area (Å²) in [5.41, 5.74) is 0.148. The summed E-state index contributed by atoms with van der Waals surface area (Å²) in [6.07, 6.45) is -0.569. The van der Waals surface area contributed by atoms with Crippen molar-refractivity contribution in [2.24, 2.45) is 0 Å². The van der Waals surface area contributed by atoms with Crippen LogP contribution in [-0.4, -0.2) is 28.0 Å². The van der Waals surface area contributed by atoms with Gasteiger partial charge in [-0.25, -0.2) is 18.6 Å². The molecule has 1 heterocycles. The number of carboxylic acid groups (broad SMARTS) is 1. The minimum Gasteiger partial charge on any atom is -0.465 e. The maximum absolute atomic E-state index is 14.4. The number of pyridine rings is 1. The molecule has 0 aliphatic heterocycles. The molecular weight excluding hydrogens is 426 g/mol. The van der Waals surface area contributed by atoms with Crippen LogP contribution in [0.4, 0.5) is 30.8 Å². The molecule has 0 spiro atoms. The fourth-order valence-corrected chi connectivity index (χ4v) is 2.53. The second-order valence-corrected chi connectivity index (χ2v) is 6.33. The van der Waals surface area contributed by atoms with Crippen LogP contribution in [0.2, 0.25) is 0 Å². The van der Waals surface area contributed by atoms with Gasteiger partial charge < -0.3 is 20.5 Å². The lowest BCUT2D eigenvalue weighted by molar-refractivity contribution is -0.123. The Morgan fingerprint density at radius 1 is 0.875 bits per heavy atom. The number of nitrogens with zero attached hydrogens (tertiary/aromatic N) is 1. The summed E-state index contributed by atoms with van der Waals surface area (Å²) in [5, 5.41) is 15.5. The Hall–Kier alpha value is -4.54. The molecule has 2 aromatic carbocycles. The Morgan fingerprint density at radius 3 is 2.25 bits per heavy atom. The number of carbonyl (C=O) groups excluding carboxylic acids is 2. The Bertz CT molecular complexity index is 1160. The van der Waals surface area contributed by atoms with Gasteiger partial charge in [0.2, 0.25) is 11.8 Å². The van der Waals surface area contributed by atoms with Gasteiger partial charge in [-0.3, -0.25) is 14.9 Å². The molecule has 4 N–H and O–H groups in total. The number of aromatic nitrogens is 1. The minimum atomic E-state index is -1.30. The Balaban J connectivity index is 1.57. The van der Waals surface area contributed by atoms with Crippen molar-refractivity contribution in [3.63, 3.8) is 0 Å². The summed E-state index contributed by atoms with van der Waals surface area (Å²) in [5.74, 6) is -2.37. The average molecular weight is 442 g/mol. The summed E-state index contributed by atoms with van der Waals surface area (Å²) in [4.78, 5) is 38.4. The number of anilines is 3. The fourth-order valence-electron chi connectivity index (χ4n) is 2.53. The summed E-state index contributed by atoms with van der Waals surface area (Å²) in [7, 11) is 0. The second-order valence-electron chi connectivity index (χ2n) is 6.33. The molecular formula is C21H16F2N4O5. The molecule has 32 heavy (non-hydrogen) atoms. The molecule has 0 atom stereocenters. The number of hydrogen-bond acceptors (Lipinski definition) is 5. The van der Waals surface area contributed by atoms with Gasteiger partial charge in [0.1, 0.15) is 35.4 Å². The number of carbonyl (C=O) groups is 3. The molecule has 0 saturated carbocycles. The second kappa shape index (κ2) is 9.98. The predicted molar refractivity (Wildman–Crippen MR) is 111 cm³/mol. The lowest BCUT2D eigenvalue weighted by atomic mass is 10.2. The highest BCUT2D eigenvalue weighted by molar-refractivity contribution is 6.08. The van der Waals surface area contributed by atoms with Crippen LogP contribution in [0, 0.1) is 11.6 Å². The number of amides is 3. The zero-order chi connectivity index (χ0) is 23.1. The topological polar surface area (TPSA) is 130 Å². The molecule has 9 nitrogen and oxygen atoms in total. The Morgan fingerprint density at radius 2 is 1.56 bits per heavy atom. The van der Waals surface area contributed by atoms with E-state index in [0.717, 1.165) is 18.2 Å². The minimum absolute atomic E-state index is 0.0262. The third-order valence-electron chi connectivity index (χ3n) is 3.87. The van der Waals surface area contributed by atoms with Crippen molar-refractivity contribution >= 4 is 35.1 Å². The number of hydrogen-bond donors (Lipinski definition) is 4. The van der Waals surface area contributed by atoms with Crippen LogP contribution >= 0.6 is 0 Å². The molecule has 0 fully saturated rings. The quantitative estimate of drug-likeness (QED) is 0.406. The number of benzene rings is 2. The highest BCUT2D eigenvalue weighted by Crippen LogP contribution is 2.26. The third kappa shape index (κ3) is 6.49. The molecule has 0 bridgehead atoms. The zero-order valence-electron chi connectivity index (χ0n) is 16.3. The first kappa shape index (κ1) is 22.2. The number of nitrogens with one attached hydrogen (secondary N) is 3. The maximum Gasteiger partial charge on any atom is 0.410 e. The van der Waals surface area contributed by atoms with Gasteiger partial charge in [-0.05, 0) is 42.5 Å². The van der Waals surface area contributed by atoms with Crippen molar-refractivity contribution in [3.8, 4) is 11.5 Å². The van der Waals surface area contributed by atoms with Gasteiger partial charge in [-0.2, -0.15) is 0 Å². The van der Waals surface area contributed by atoms with Gasteiger partial charge in [-0.1, -0.05) is 0 Å². The van der Waals surface area contributed by atoms with E-state index >= 15 is 0 Å². The standard InChI is InChI=1S/C21H16F2N4O5/c22-12-1-3-13(4-2-12)25-19(28)11-20(29)26-17-6-5-14(9-16(17)23)32-15-7-8-24-18(10-15)27-21(30)31/h1-10H,11H2,(H,24,27)(H,25,28)(H,26,29)(H,30,31). The molecule has 1 aromatic heterocycles. The van der Waals surface area contributed by atoms with E-state index in [-0.39, 0.29) is 23.0 Å². The van der Waals surface area contributed by atoms with Crippen molar-refractivity contribution < 1.29 is 33.0 Å². The van der Waals surface area contributed by atoms with Crippen LogP contribution in [0.5, 0.6) is 11.5 Å². The van der Waals surface area contributed by atoms with Crippen LogP contribution in [0.1, 0.15) is 6.42 Å². The maximum atomic E-state index is 14.4. The van der Waals surface area contributed by atoms with E-state index in [9.17, 15) is 23.2 Å². The molecule has 11 heteroatoms. The number of rotatable bonds is 7. The number of halogens is 2. The van der Waals surface area contributed by atoms with Crippen molar-refractivity contribution in [2.45, 2.75) is 6.42 Å². The van der Waals surface area contributed by atoms with Gasteiger partial charge in [0.15, 0.2) is 0 Å². The highest BCUT2D eigenvalue weighted by Gasteiger charge is 2.13. The van der Waals surface area contributed by atoms with Crippen molar-refractivity contribution in [2.75, 3.05) is 16.0 Å². The summed E-state index contributed by atoms with van der Waals surface area (Å²) in [6, 6.07) is 11.4. The van der Waals surface area contributed by atoms with Crippen LogP contribution in [0.25, 0.3) is 0 Å². The molecule has 0 aliphatic rings. The molecule has 3 amide bonds. The lowest BCUT2D eigenvalue weighted by Gasteiger charge is -2.10. The molecule has 0 aliphatic carbocycles.